The predicted molar refractivity (Wildman–Crippen MR) is 161 cm³/mol. The van der Waals surface area contributed by atoms with Gasteiger partial charge in [-0.2, -0.15) is 13.2 Å². The number of para-hydroxylation sites is 1. The van der Waals surface area contributed by atoms with Gasteiger partial charge < -0.3 is 20.4 Å². The molecule has 11 heteroatoms. The van der Waals surface area contributed by atoms with E-state index >= 15 is 0 Å². The van der Waals surface area contributed by atoms with E-state index < -0.39 is 11.7 Å². The number of anilines is 3. The highest BCUT2D eigenvalue weighted by molar-refractivity contribution is 6.39. The van der Waals surface area contributed by atoms with Crippen LogP contribution in [0.15, 0.2) is 91.0 Å². The molecule has 1 aliphatic rings. The van der Waals surface area contributed by atoms with Crippen molar-refractivity contribution in [2.45, 2.75) is 6.18 Å². The Morgan fingerprint density at radius 3 is 1.95 bits per heavy atom. The first-order valence-electron chi connectivity index (χ1n) is 13.0. The van der Waals surface area contributed by atoms with Crippen LogP contribution in [0, 0.1) is 0 Å². The minimum absolute atomic E-state index is 0.278. The third-order valence-corrected chi connectivity index (χ3v) is 7.58. The van der Waals surface area contributed by atoms with Crippen molar-refractivity contribution in [3.05, 3.63) is 112 Å². The molecule has 216 valence electrons. The summed E-state index contributed by atoms with van der Waals surface area (Å²) < 4.78 is 38.9. The van der Waals surface area contributed by atoms with Crippen molar-refractivity contribution in [1.29, 1.82) is 0 Å². The lowest BCUT2D eigenvalue weighted by molar-refractivity contribution is -0.137. The van der Waals surface area contributed by atoms with Gasteiger partial charge in [0.15, 0.2) is 0 Å². The summed E-state index contributed by atoms with van der Waals surface area (Å²) in [6, 6.07) is 23.6. The van der Waals surface area contributed by atoms with Crippen LogP contribution in [0.2, 0.25) is 10.0 Å². The molecule has 0 atom stereocenters. The molecule has 0 radical (unpaired) electrons. The minimum Gasteiger partial charge on any atom is -0.368 e. The summed E-state index contributed by atoms with van der Waals surface area (Å²) in [5.74, 6) is -0.378. The van der Waals surface area contributed by atoms with Crippen LogP contribution < -0.4 is 15.5 Å². The first kappa shape index (κ1) is 29.3. The zero-order chi connectivity index (χ0) is 29.9. The van der Waals surface area contributed by atoms with Crippen LogP contribution in [0.25, 0.3) is 11.1 Å². The van der Waals surface area contributed by atoms with Gasteiger partial charge in [-0.25, -0.2) is 4.79 Å². The lowest BCUT2D eigenvalue weighted by Crippen LogP contribution is -2.50. The zero-order valence-corrected chi connectivity index (χ0v) is 23.6. The number of nitrogens with zero attached hydrogens (tertiary/aromatic N) is 2. The molecule has 0 unspecified atom stereocenters. The highest BCUT2D eigenvalue weighted by Gasteiger charge is 2.30. The summed E-state index contributed by atoms with van der Waals surface area (Å²) in [5.41, 5.74) is 2.51. The van der Waals surface area contributed by atoms with Crippen LogP contribution in [0.1, 0.15) is 15.9 Å². The lowest BCUT2D eigenvalue weighted by atomic mass is 9.98. The van der Waals surface area contributed by atoms with Crippen molar-refractivity contribution in [3.63, 3.8) is 0 Å². The van der Waals surface area contributed by atoms with Gasteiger partial charge in [0, 0.05) is 43.1 Å². The minimum atomic E-state index is -4.43. The molecule has 1 saturated heterocycles. The Morgan fingerprint density at radius 1 is 0.714 bits per heavy atom. The molecule has 5 rings (SSSR count). The van der Waals surface area contributed by atoms with E-state index in [1.807, 2.05) is 12.1 Å². The fourth-order valence-electron chi connectivity index (χ4n) is 4.70. The Kier molecular flexibility index (Phi) is 8.61. The molecule has 1 aliphatic heterocycles. The molecule has 42 heavy (non-hydrogen) atoms. The van der Waals surface area contributed by atoms with Crippen molar-refractivity contribution in [2.24, 2.45) is 0 Å². The largest absolute Gasteiger partial charge is 0.416 e. The molecular formula is C31H25Cl2F3N4O2. The number of hydrogen-bond donors (Lipinski definition) is 2. The van der Waals surface area contributed by atoms with Crippen LogP contribution in [0.3, 0.4) is 0 Å². The van der Waals surface area contributed by atoms with E-state index in [2.05, 4.69) is 15.5 Å². The Labute approximate surface area is 250 Å². The molecule has 0 aliphatic carbocycles. The number of nitrogens with one attached hydrogen (secondary N) is 2. The van der Waals surface area contributed by atoms with Gasteiger partial charge in [-0.05, 0) is 65.7 Å². The average molecular weight is 613 g/mol. The van der Waals surface area contributed by atoms with E-state index in [0.717, 1.165) is 17.8 Å². The fourth-order valence-corrected chi connectivity index (χ4v) is 5.19. The van der Waals surface area contributed by atoms with Crippen molar-refractivity contribution in [1.82, 2.24) is 4.90 Å². The highest BCUT2D eigenvalue weighted by atomic mass is 35.5. The molecule has 0 saturated carbocycles. The van der Waals surface area contributed by atoms with Crippen molar-refractivity contribution < 1.29 is 22.8 Å². The van der Waals surface area contributed by atoms with E-state index in [4.69, 9.17) is 23.2 Å². The number of amides is 3. The number of carbonyl (C=O) groups is 2. The van der Waals surface area contributed by atoms with E-state index in [1.165, 1.54) is 12.1 Å². The molecule has 0 spiro atoms. The van der Waals surface area contributed by atoms with Gasteiger partial charge in [0.1, 0.15) is 0 Å². The SMILES string of the molecule is O=C(Nc1ccc(N2CCN(C(=O)Nc3c(Cl)cccc3Cl)CC2)cc1)c1ccccc1-c1ccc(C(F)(F)F)cc1. The number of halogens is 5. The van der Waals surface area contributed by atoms with Crippen LogP contribution in [0.4, 0.5) is 35.0 Å². The van der Waals surface area contributed by atoms with Crippen LogP contribution >= 0.6 is 23.2 Å². The van der Waals surface area contributed by atoms with E-state index in [-0.39, 0.29) is 11.9 Å². The standard InChI is InChI=1S/C31H25Cl2F3N4O2/c32-26-6-3-7-27(33)28(26)38-30(42)40-18-16-39(17-19-40)23-14-12-22(13-15-23)37-29(41)25-5-2-1-4-24(25)20-8-10-21(11-9-20)31(34,35)36/h1-15H,16-19H2,(H,37,41)(H,38,42). The zero-order valence-electron chi connectivity index (χ0n) is 22.1. The number of hydrogen-bond acceptors (Lipinski definition) is 3. The molecule has 1 fully saturated rings. The quantitative estimate of drug-likeness (QED) is 0.238. The van der Waals surface area contributed by atoms with Crippen LogP contribution in [-0.4, -0.2) is 43.0 Å². The van der Waals surface area contributed by atoms with Crippen molar-refractivity contribution >= 4 is 52.2 Å². The summed E-state index contributed by atoms with van der Waals surface area (Å²) >= 11 is 12.3. The van der Waals surface area contributed by atoms with Crippen LogP contribution in [0.5, 0.6) is 0 Å². The third kappa shape index (κ3) is 6.64. The number of benzene rings is 4. The second-order valence-corrected chi connectivity index (χ2v) is 10.4. The number of piperazine rings is 1. The van der Waals surface area contributed by atoms with E-state index in [1.54, 1.807) is 59.5 Å². The van der Waals surface area contributed by atoms with E-state index in [0.29, 0.717) is 64.3 Å². The molecule has 3 amide bonds. The van der Waals surface area contributed by atoms with Crippen molar-refractivity contribution in [3.8, 4) is 11.1 Å². The Bertz CT molecular complexity index is 1570. The van der Waals surface area contributed by atoms with Gasteiger partial charge in [0.05, 0.1) is 21.3 Å². The first-order chi connectivity index (χ1) is 20.1. The number of carbonyl (C=O) groups excluding carboxylic acids is 2. The molecule has 4 aromatic carbocycles. The summed E-state index contributed by atoms with van der Waals surface area (Å²) in [6.07, 6.45) is -4.43. The van der Waals surface area contributed by atoms with Gasteiger partial charge >= 0.3 is 12.2 Å². The number of rotatable bonds is 5. The molecule has 0 bridgehead atoms. The summed E-state index contributed by atoms with van der Waals surface area (Å²) in [6.45, 7) is 2.20. The lowest BCUT2D eigenvalue weighted by Gasteiger charge is -2.36. The van der Waals surface area contributed by atoms with Gasteiger partial charge in [0.2, 0.25) is 0 Å². The highest BCUT2D eigenvalue weighted by Crippen LogP contribution is 2.33. The second-order valence-electron chi connectivity index (χ2n) is 9.62. The predicted octanol–water partition coefficient (Wildman–Crippen LogP) is 8.29. The number of urea groups is 1. The van der Waals surface area contributed by atoms with Gasteiger partial charge in [0.25, 0.3) is 5.91 Å². The molecule has 1 heterocycles. The summed E-state index contributed by atoms with van der Waals surface area (Å²) in [4.78, 5) is 29.7. The van der Waals surface area contributed by atoms with Gasteiger partial charge in [-0.15, -0.1) is 0 Å². The Morgan fingerprint density at radius 2 is 1.33 bits per heavy atom. The Hall–Kier alpha value is -4.21. The van der Waals surface area contributed by atoms with Gasteiger partial charge in [-0.3, -0.25) is 4.79 Å². The first-order valence-corrected chi connectivity index (χ1v) is 13.8. The topological polar surface area (TPSA) is 64.7 Å². The fraction of sp³-hybridized carbons (Fsp3) is 0.161. The normalized spacial score (nSPS) is 13.5. The Balaban J connectivity index is 1.19. The summed E-state index contributed by atoms with van der Waals surface area (Å²) in [7, 11) is 0. The van der Waals surface area contributed by atoms with Crippen LogP contribution in [-0.2, 0) is 6.18 Å². The monoisotopic (exact) mass is 612 g/mol. The molecular weight excluding hydrogens is 588 g/mol. The molecule has 4 aromatic rings. The maximum absolute atomic E-state index is 13.1. The van der Waals surface area contributed by atoms with E-state index in [9.17, 15) is 22.8 Å². The van der Waals surface area contributed by atoms with Gasteiger partial charge in [-0.1, -0.05) is 59.6 Å². The second kappa shape index (κ2) is 12.3. The summed E-state index contributed by atoms with van der Waals surface area (Å²) in [5, 5.41) is 6.38. The number of alkyl halides is 3. The maximum atomic E-state index is 13.1. The smallest absolute Gasteiger partial charge is 0.368 e. The van der Waals surface area contributed by atoms with Crippen molar-refractivity contribution in [2.75, 3.05) is 41.7 Å². The molecule has 2 N–H and O–H groups in total. The molecule has 0 aromatic heterocycles. The average Bonchev–Trinajstić information content (AvgIpc) is 2.99. The molecule has 6 nitrogen and oxygen atoms in total. The maximum Gasteiger partial charge on any atom is 0.416 e. The third-order valence-electron chi connectivity index (χ3n) is 6.95.